The van der Waals surface area contributed by atoms with E-state index in [4.69, 9.17) is 14.3 Å². The van der Waals surface area contributed by atoms with Crippen molar-refractivity contribution < 1.29 is 9.37 Å². The first-order chi connectivity index (χ1) is 15.3. The zero-order valence-corrected chi connectivity index (χ0v) is 18.0. The summed E-state index contributed by atoms with van der Waals surface area (Å²) in [5, 5.41) is 11.1. The lowest BCUT2D eigenvalue weighted by Gasteiger charge is -2.41. The van der Waals surface area contributed by atoms with Crippen LogP contribution >= 0.6 is 0 Å². The third-order valence-electron chi connectivity index (χ3n) is 6.36. The minimum absolute atomic E-state index is 0.428. The van der Waals surface area contributed by atoms with E-state index in [0.29, 0.717) is 23.9 Å². The highest BCUT2D eigenvalue weighted by Gasteiger charge is 2.29. The van der Waals surface area contributed by atoms with Crippen LogP contribution in [0.1, 0.15) is 24.0 Å². The van der Waals surface area contributed by atoms with E-state index in [-0.39, 0.29) is 0 Å². The van der Waals surface area contributed by atoms with E-state index in [1.165, 1.54) is 24.0 Å². The van der Waals surface area contributed by atoms with Gasteiger partial charge in [-0.25, -0.2) is 14.6 Å². The summed E-state index contributed by atoms with van der Waals surface area (Å²) >= 11 is 0. The Morgan fingerprint density at radius 2 is 1.84 bits per heavy atom. The molecule has 0 bridgehead atoms. The van der Waals surface area contributed by atoms with Crippen molar-refractivity contribution in [2.24, 2.45) is 0 Å². The Labute approximate surface area is 181 Å². The van der Waals surface area contributed by atoms with Gasteiger partial charge >= 0.3 is 0 Å². The van der Waals surface area contributed by atoms with Crippen LogP contribution in [0.15, 0.2) is 28.9 Å². The van der Waals surface area contributed by atoms with Crippen molar-refractivity contribution in [2.45, 2.75) is 31.7 Å². The average molecular weight is 424 g/mol. The molecule has 1 aliphatic heterocycles. The smallest absolute Gasteiger partial charge is 0.245 e. The summed E-state index contributed by atoms with van der Waals surface area (Å²) in [4.78, 5) is 14.3. The van der Waals surface area contributed by atoms with E-state index in [0.717, 1.165) is 57.2 Å². The Bertz CT molecular complexity index is 1020. The molecule has 9 heteroatoms. The maximum Gasteiger partial charge on any atom is 0.245 e. The van der Waals surface area contributed by atoms with E-state index >= 15 is 0 Å². The Balaban J connectivity index is 1.26. The molecule has 3 aromatic rings. The van der Waals surface area contributed by atoms with Gasteiger partial charge in [0.25, 0.3) is 0 Å². The number of methoxy groups -OCH3 is 1. The SMILES string of the molecule is COCCCNc1nc2nonc2nc1N1CCN(C2CCc3ccccc3C2)CC1. The lowest BCUT2D eigenvalue weighted by molar-refractivity contribution is 0.169. The third-order valence-corrected chi connectivity index (χ3v) is 6.36. The van der Waals surface area contributed by atoms with Crippen LogP contribution in [0.3, 0.4) is 0 Å². The van der Waals surface area contributed by atoms with E-state index in [1.54, 1.807) is 7.11 Å². The first kappa shape index (κ1) is 20.1. The van der Waals surface area contributed by atoms with Gasteiger partial charge in [-0.05, 0) is 47.1 Å². The molecule has 9 nitrogen and oxygen atoms in total. The lowest BCUT2D eigenvalue weighted by Crippen LogP contribution is -2.52. The molecule has 164 valence electrons. The molecule has 1 aromatic carbocycles. The van der Waals surface area contributed by atoms with Crippen LogP contribution in [0.5, 0.6) is 0 Å². The fraction of sp³-hybridized carbons (Fsp3) is 0.545. The van der Waals surface area contributed by atoms with Gasteiger partial charge < -0.3 is 15.0 Å². The highest BCUT2D eigenvalue weighted by molar-refractivity contribution is 5.74. The Morgan fingerprint density at radius 3 is 2.65 bits per heavy atom. The van der Waals surface area contributed by atoms with Gasteiger partial charge in [0.2, 0.25) is 11.3 Å². The molecule has 1 atom stereocenters. The van der Waals surface area contributed by atoms with Crippen molar-refractivity contribution >= 4 is 22.9 Å². The summed E-state index contributed by atoms with van der Waals surface area (Å²) in [7, 11) is 1.71. The standard InChI is InChI=1S/C22H29N7O2/c1-30-14-4-9-23-21-22(25-20-19(24-21)26-31-27-20)29-12-10-28(11-13-29)18-8-7-16-5-2-3-6-17(16)15-18/h2-3,5-6,18H,4,7-15H2,1H3,(H,23,24,26). The van der Waals surface area contributed by atoms with E-state index in [9.17, 15) is 0 Å². The number of benzene rings is 1. The van der Waals surface area contributed by atoms with Crippen molar-refractivity contribution in [1.29, 1.82) is 0 Å². The molecule has 5 rings (SSSR count). The Hall–Kier alpha value is -2.78. The molecular weight excluding hydrogens is 394 g/mol. The molecule has 0 spiro atoms. The monoisotopic (exact) mass is 423 g/mol. The molecular formula is C22H29N7O2. The van der Waals surface area contributed by atoms with Gasteiger partial charge in [0.05, 0.1) is 0 Å². The normalized spacial score (nSPS) is 19.5. The molecule has 1 unspecified atom stereocenters. The molecule has 0 radical (unpaired) electrons. The van der Waals surface area contributed by atoms with Crippen molar-refractivity contribution in [3.8, 4) is 0 Å². The van der Waals surface area contributed by atoms with Gasteiger partial charge in [-0.2, -0.15) is 0 Å². The summed E-state index contributed by atoms with van der Waals surface area (Å²) in [5.41, 5.74) is 3.91. The maximum absolute atomic E-state index is 5.15. The summed E-state index contributed by atoms with van der Waals surface area (Å²) in [6.45, 7) is 5.33. The molecule has 2 aliphatic rings. The first-order valence-corrected chi connectivity index (χ1v) is 11.1. The van der Waals surface area contributed by atoms with E-state index < -0.39 is 0 Å². The first-order valence-electron chi connectivity index (χ1n) is 11.1. The zero-order chi connectivity index (χ0) is 21.0. The van der Waals surface area contributed by atoms with Crippen LogP contribution in [-0.2, 0) is 17.6 Å². The van der Waals surface area contributed by atoms with Crippen LogP contribution in [-0.4, -0.2) is 77.7 Å². The number of hydrogen-bond donors (Lipinski definition) is 1. The molecule has 3 heterocycles. The number of aryl methyl sites for hydroxylation is 1. The number of nitrogens with one attached hydrogen (secondary N) is 1. The largest absolute Gasteiger partial charge is 0.385 e. The molecule has 31 heavy (non-hydrogen) atoms. The summed E-state index contributed by atoms with van der Waals surface area (Å²) in [6, 6.07) is 9.50. The van der Waals surface area contributed by atoms with E-state index in [2.05, 4.69) is 54.7 Å². The lowest BCUT2D eigenvalue weighted by atomic mass is 9.87. The number of anilines is 2. The van der Waals surface area contributed by atoms with E-state index in [1.807, 2.05) is 0 Å². The molecule has 2 aromatic heterocycles. The van der Waals surface area contributed by atoms with Gasteiger partial charge in [0.1, 0.15) is 0 Å². The summed E-state index contributed by atoms with van der Waals surface area (Å²) in [6.07, 6.45) is 4.46. The van der Waals surface area contributed by atoms with Gasteiger partial charge in [0, 0.05) is 52.5 Å². The van der Waals surface area contributed by atoms with Crippen molar-refractivity contribution in [3.05, 3.63) is 35.4 Å². The number of hydrogen-bond acceptors (Lipinski definition) is 9. The average Bonchev–Trinajstić information content (AvgIpc) is 3.28. The van der Waals surface area contributed by atoms with Gasteiger partial charge in [-0.3, -0.25) is 4.90 Å². The topological polar surface area (TPSA) is 92.4 Å². The quantitative estimate of drug-likeness (QED) is 0.574. The number of fused-ring (bicyclic) bond motifs is 2. The number of ether oxygens (including phenoxy) is 1. The highest BCUT2D eigenvalue weighted by atomic mass is 16.6. The van der Waals surface area contributed by atoms with Crippen LogP contribution < -0.4 is 10.2 Å². The fourth-order valence-electron chi connectivity index (χ4n) is 4.68. The molecule has 1 N–H and O–H groups in total. The Morgan fingerprint density at radius 1 is 1.06 bits per heavy atom. The Kier molecular flexibility index (Phi) is 5.95. The predicted molar refractivity (Wildman–Crippen MR) is 118 cm³/mol. The molecule has 1 aliphatic carbocycles. The maximum atomic E-state index is 5.15. The van der Waals surface area contributed by atoms with Crippen LogP contribution in [0, 0.1) is 0 Å². The highest BCUT2D eigenvalue weighted by Crippen LogP contribution is 2.28. The number of rotatable bonds is 7. The molecule has 0 amide bonds. The second-order valence-electron chi connectivity index (χ2n) is 8.27. The second kappa shape index (κ2) is 9.15. The number of aromatic nitrogens is 4. The molecule has 0 saturated carbocycles. The summed E-state index contributed by atoms with van der Waals surface area (Å²) in [5.74, 6) is 1.56. The molecule has 1 fully saturated rings. The van der Waals surface area contributed by atoms with Crippen LogP contribution in [0.2, 0.25) is 0 Å². The minimum Gasteiger partial charge on any atom is -0.385 e. The fourth-order valence-corrected chi connectivity index (χ4v) is 4.68. The molecule has 1 saturated heterocycles. The van der Waals surface area contributed by atoms with Gasteiger partial charge in [0.15, 0.2) is 11.6 Å². The summed E-state index contributed by atoms with van der Waals surface area (Å²) < 4.78 is 9.98. The van der Waals surface area contributed by atoms with Crippen LogP contribution in [0.25, 0.3) is 11.3 Å². The van der Waals surface area contributed by atoms with Crippen molar-refractivity contribution in [2.75, 3.05) is 56.7 Å². The predicted octanol–water partition coefficient (Wildman–Crippen LogP) is 2.14. The minimum atomic E-state index is 0.428. The van der Waals surface area contributed by atoms with Gasteiger partial charge in [-0.15, -0.1) is 0 Å². The van der Waals surface area contributed by atoms with Crippen molar-refractivity contribution in [1.82, 2.24) is 25.2 Å². The number of nitrogens with zero attached hydrogens (tertiary/aromatic N) is 6. The third kappa shape index (κ3) is 4.33. The zero-order valence-electron chi connectivity index (χ0n) is 18.0. The number of piperazine rings is 1. The van der Waals surface area contributed by atoms with Crippen LogP contribution in [0.4, 0.5) is 11.6 Å². The van der Waals surface area contributed by atoms with Crippen molar-refractivity contribution in [3.63, 3.8) is 0 Å². The second-order valence-corrected chi connectivity index (χ2v) is 8.27. The van der Waals surface area contributed by atoms with Gasteiger partial charge in [-0.1, -0.05) is 24.3 Å².